The second-order valence-electron chi connectivity index (χ2n) is 4.40. The van der Waals surface area contributed by atoms with Gasteiger partial charge >= 0.3 is 0 Å². The molecule has 0 radical (unpaired) electrons. The predicted octanol–water partition coefficient (Wildman–Crippen LogP) is 0.426. The van der Waals surface area contributed by atoms with E-state index < -0.39 is 32.6 Å². The van der Waals surface area contributed by atoms with E-state index in [0.29, 0.717) is 6.07 Å². The molecule has 1 aliphatic rings. The average molecular weight is 290 g/mol. The first kappa shape index (κ1) is 13.9. The summed E-state index contributed by atoms with van der Waals surface area (Å²) in [4.78, 5) is 12.2. The molecule has 0 bridgehead atoms. The van der Waals surface area contributed by atoms with Crippen molar-refractivity contribution in [1.82, 2.24) is 9.21 Å². The lowest BCUT2D eigenvalue weighted by Gasteiger charge is -2.11. The minimum Gasteiger partial charge on any atom is -0.347 e. The van der Waals surface area contributed by atoms with Crippen molar-refractivity contribution in [3.63, 3.8) is 0 Å². The Labute approximate surface area is 109 Å². The van der Waals surface area contributed by atoms with E-state index in [1.54, 1.807) is 0 Å². The van der Waals surface area contributed by atoms with Gasteiger partial charge in [0, 0.05) is 26.7 Å². The normalized spacial score (nSPS) is 22.1. The predicted molar refractivity (Wildman–Crippen MR) is 62.7 cm³/mol. The van der Waals surface area contributed by atoms with Gasteiger partial charge in [-0.1, -0.05) is 0 Å². The molecule has 1 heterocycles. The van der Waals surface area contributed by atoms with E-state index in [2.05, 4.69) is 0 Å². The number of benzene rings is 1. The highest BCUT2D eigenvalue weighted by Crippen LogP contribution is 2.30. The maximum absolute atomic E-state index is 13.5. The third-order valence-electron chi connectivity index (χ3n) is 2.77. The Morgan fingerprint density at radius 1 is 1.37 bits per heavy atom. The summed E-state index contributed by atoms with van der Waals surface area (Å²) in [5.74, 6) is -2.39. The first-order valence-corrected chi connectivity index (χ1v) is 6.87. The number of halogens is 2. The number of rotatable bonds is 3. The van der Waals surface area contributed by atoms with Crippen LogP contribution in [0.1, 0.15) is 0 Å². The summed E-state index contributed by atoms with van der Waals surface area (Å²) < 4.78 is 51.2. The van der Waals surface area contributed by atoms with Gasteiger partial charge in [-0.25, -0.2) is 17.2 Å². The van der Waals surface area contributed by atoms with Gasteiger partial charge in [0.1, 0.15) is 22.6 Å². The van der Waals surface area contributed by atoms with Gasteiger partial charge in [0.05, 0.1) is 0 Å². The smallest absolute Gasteiger partial charge is 0.246 e. The molecule has 2 rings (SSSR count). The quantitative estimate of drug-likeness (QED) is 0.758. The van der Waals surface area contributed by atoms with E-state index in [0.717, 1.165) is 16.4 Å². The Hall–Kier alpha value is -1.54. The molecule has 2 unspecified atom stereocenters. The van der Waals surface area contributed by atoms with Crippen LogP contribution in [-0.2, 0) is 14.8 Å². The van der Waals surface area contributed by atoms with Crippen LogP contribution in [0.3, 0.4) is 0 Å². The molecule has 8 heteroatoms. The summed E-state index contributed by atoms with van der Waals surface area (Å²) in [5, 5.41) is 0. The Kier molecular flexibility index (Phi) is 3.31. The Morgan fingerprint density at radius 2 is 2.00 bits per heavy atom. The Balaban J connectivity index is 2.28. The highest BCUT2D eigenvalue weighted by atomic mass is 32.2. The molecular weight excluding hydrogens is 278 g/mol. The monoisotopic (exact) mass is 290 g/mol. The topological polar surface area (TPSA) is 57.5 Å². The molecular formula is C11H12F2N2O3S. The number of hydrogen-bond donors (Lipinski definition) is 0. The van der Waals surface area contributed by atoms with E-state index in [-0.39, 0.29) is 12.5 Å². The van der Waals surface area contributed by atoms with Crippen molar-refractivity contribution in [2.45, 2.75) is 10.9 Å². The molecule has 5 nitrogen and oxygen atoms in total. The van der Waals surface area contributed by atoms with Gasteiger partial charge in [0.2, 0.25) is 15.9 Å². The van der Waals surface area contributed by atoms with Crippen molar-refractivity contribution in [2.75, 3.05) is 20.6 Å². The van der Waals surface area contributed by atoms with E-state index in [1.165, 1.54) is 19.0 Å². The summed E-state index contributed by atoms with van der Waals surface area (Å²) in [7, 11) is -1.09. The van der Waals surface area contributed by atoms with E-state index >= 15 is 0 Å². The van der Waals surface area contributed by atoms with Gasteiger partial charge in [-0.2, -0.15) is 4.31 Å². The molecule has 1 fully saturated rings. The van der Waals surface area contributed by atoms with E-state index in [4.69, 9.17) is 0 Å². The lowest BCUT2D eigenvalue weighted by Crippen LogP contribution is -2.30. The van der Waals surface area contributed by atoms with Gasteiger partial charge in [0.25, 0.3) is 0 Å². The van der Waals surface area contributed by atoms with E-state index in [1.807, 2.05) is 0 Å². The van der Waals surface area contributed by atoms with Crippen LogP contribution in [0, 0.1) is 11.6 Å². The number of hydrogen-bond acceptors (Lipinski definition) is 3. The number of likely N-dealkylation sites (N-methyl/N-ethyl adjacent to an activating group) is 1. The molecule has 1 aliphatic heterocycles. The summed E-state index contributed by atoms with van der Waals surface area (Å²) >= 11 is 0. The van der Waals surface area contributed by atoms with Gasteiger partial charge in [0.15, 0.2) is 0 Å². The lowest BCUT2D eigenvalue weighted by molar-refractivity contribution is -0.128. The molecule has 19 heavy (non-hydrogen) atoms. The number of carbonyl (C=O) groups excluding carboxylic acids is 1. The average Bonchev–Trinajstić information content (AvgIpc) is 3.07. The van der Waals surface area contributed by atoms with E-state index in [9.17, 15) is 22.0 Å². The fourth-order valence-electron chi connectivity index (χ4n) is 1.70. The van der Waals surface area contributed by atoms with Gasteiger partial charge < -0.3 is 4.90 Å². The molecule has 2 atom stereocenters. The van der Waals surface area contributed by atoms with Crippen LogP contribution >= 0.6 is 0 Å². The minimum atomic E-state index is -4.10. The van der Waals surface area contributed by atoms with Crippen molar-refractivity contribution in [3.05, 3.63) is 29.8 Å². The van der Waals surface area contributed by atoms with Gasteiger partial charge in [-0.15, -0.1) is 0 Å². The maximum Gasteiger partial charge on any atom is 0.246 e. The Morgan fingerprint density at radius 3 is 2.53 bits per heavy atom. The summed E-state index contributed by atoms with van der Waals surface area (Å²) in [5.41, 5.74) is 0. The van der Waals surface area contributed by atoms with Crippen LogP contribution in [0.15, 0.2) is 23.1 Å². The Bertz CT molecular complexity index is 631. The van der Waals surface area contributed by atoms with Crippen molar-refractivity contribution in [3.8, 4) is 0 Å². The van der Waals surface area contributed by atoms with Crippen molar-refractivity contribution in [1.29, 1.82) is 0 Å². The number of carbonyl (C=O) groups is 1. The largest absolute Gasteiger partial charge is 0.347 e. The van der Waals surface area contributed by atoms with Crippen molar-refractivity contribution in [2.24, 2.45) is 0 Å². The van der Waals surface area contributed by atoms with Crippen LogP contribution in [-0.4, -0.2) is 50.2 Å². The molecule has 0 aromatic heterocycles. The van der Waals surface area contributed by atoms with Crippen molar-refractivity contribution >= 4 is 15.9 Å². The number of amides is 1. The highest BCUT2D eigenvalue weighted by molar-refractivity contribution is 7.89. The molecule has 1 aromatic carbocycles. The minimum absolute atomic E-state index is 0.0101. The highest BCUT2D eigenvalue weighted by Gasteiger charge is 2.50. The zero-order valence-corrected chi connectivity index (χ0v) is 11.1. The third-order valence-corrected chi connectivity index (χ3v) is 4.68. The second kappa shape index (κ2) is 4.53. The molecule has 1 aromatic rings. The molecule has 0 spiro atoms. The molecule has 1 saturated heterocycles. The third kappa shape index (κ3) is 2.45. The first-order chi connectivity index (χ1) is 8.75. The van der Waals surface area contributed by atoms with Crippen LogP contribution < -0.4 is 0 Å². The van der Waals surface area contributed by atoms with Crippen LogP contribution in [0.5, 0.6) is 0 Å². The maximum atomic E-state index is 13.5. The molecule has 0 aliphatic carbocycles. The number of nitrogens with zero attached hydrogens (tertiary/aromatic N) is 2. The second-order valence-corrected chi connectivity index (χ2v) is 6.26. The van der Waals surface area contributed by atoms with Gasteiger partial charge in [-0.05, 0) is 12.1 Å². The summed E-state index contributed by atoms with van der Waals surface area (Å²) in [6, 6.07) is 1.42. The summed E-state index contributed by atoms with van der Waals surface area (Å²) in [6.45, 7) is 0.0101. The standard InChI is InChI=1S/C11H12F2N2O3S/c1-14(2)11(16)9-6-15(9)19(17,18)10-4-3-7(12)5-8(10)13/h3-5,9H,6H2,1-2H3. The van der Waals surface area contributed by atoms with Gasteiger partial charge in [-0.3, -0.25) is 4.79 Å². The fourth-order valence-corrected chi connectivity index (χ4v) is 3.26. The molecule has 0 saturated carbocycles. The SMILES string of the molecule is CN(C)C(=O)C1CN1S(=O)(=O)c1ccc(F)cc1F. The fraction of sp³-hybridized carbons (Fsp3) is 0.364. The van der Waals surface area contributed by atoms with Crippen molar-refractivity contribution < 1.29 is 22.0 Å². The first-order valence-electron chi connectivity index (χ1n) is 5.43. The van der Waals surface area contributed by atoms with Crippen LogP contribution in [0.4, 0.5) is 8.78 Å². The molecule has 104 valence electrons. The molecule has 0 N–H and O–H groups in total. The zero-order chi connectivity index (χ0) is 14.4. The summed E-state index contributed by atoms with van der Waals surface area (Å²) in [6.07, 6.45) is 0. The zero-order valence-electron chi connectivity index (χ0n) is 10.3. The van der Waals surface area contributed by atoms with Crippen LogP contribution in [0.2, 0.25) is 0 Å². The number of sulfonamides is 1. The van der Waals surface area contributed by atoms with Crippen LogP contribution in [0.25, 0.3) is 0 Å². The molecule has 1 amide bonds. The lowest BCUT2D eigenvalue weighted by atomic mass is 10.3.